The van der Waals surface area contributed by atoms with E-state index in [1.807, 2.05) is 0 Å². The summed E-state index contributed by atoms with van der Waals surface area (Å²) in [4.78, 5) is 10.7. The van der Waals surface area contributed by atoms with Crippen molar-refractivity contribution in [3.05, 3.63) is 0 Å². The van der Waals surface area contributed by atoms with Gasteiger partial charge in [-0.3, -0.25) is 4.79 Å². The molecule has 0 spiro atoms. The van der Waals surface area contributed by atoms with E-state index < -0.39 is 5.97 Å². The number of carbonyl (C=O) groups is 1. The lowest BCUT2D eigenvalue weighted by Crippen LogP contribution is -2.28. The molecule has 1 aliphatic rings. The lowest BCUT2D eigenvalue weighted by atomic mass is 9.87. The van der Waals surface area contributed by atoms with Crippen LogP contribution in [-0.4, -0.2) is 23.7 Å². The molecule has 3 heteroatoms. The van der Waals surface area contributed by atoms with E-state index in [2.05, 4.69) is 12.2 Å². The van der Waals surface area contributed by atoms with E-state index in [-0.39, 0.29) is 5.92 Å². The first-order chi connectivity index (χ1) is 9.09. The molecule has 0 aromatic carbocycles. The number of hydrogen-bond acceptors (Lipinski definition) is 2. The van der Waals surface area contributed by atoms with Gasteiger partial charge in [0, 0.05) is 6.04 Å². The summed E-state index contributed by atoms with van der Waals surface area (Å²) in [6.45, 7) is 5.14. The molecule has 3 nitrogen and oxygen atoms in total. The highest BCUT2D eigenvalue weighted by Crippen LogP contribution is 2.25. The van der Waals surface area contributed by atoms with Crippen molar-refractivity contribution in [2.24, 2.45) is 11.8 Å². The topological polar surface area (TPSA) is 49.3 Å². The van der Waals surface area contributed by atoms with Crippen molar-refractivity contribution in [2.75, 3.05) is 6.54 Å². The molecule has 19 heavy (non-hydrogen) atoms. The van der Waals surface area contributed by atoms with Crippen molar-refractivity contribution in [2.45, 2.75) is 77.7 Å². The van der Waals surface area contributed by atoms with Crippen molar-refractivity contribution < 1.29 is 9.90 Å². The minimum atomic E-state index is -0.669. The molecule has 0 aliphatic heterocycles. The first-order valence-corrected chi connectivity index (χ1v) is 8.05. The Hall–Kier alpha value is -0.570. The average Bonchev–Trinajstić information content (AvgIpc) is 2.39. The van der Waals surface area contributed by atoms with Gasteiger partial charge in [-0.15, -0.1) is 0 Å². The monoisotopic (exact) mass is 269 g/mol. The largest absolute Gasteiger partial charge is 0.481 e. The van der Waals surface area contributed by atoms with Crippen LogP contribution in [-0.2, 0) is 4.79 Å². The van der Waals surface area contributed by atoms with Gasteiger partial charge in [0.05, 0.1) is 5.92 Å². The Bertz CT molecular complexity index is 249. The molecule has 0 bridgehead atoms. The standard InChI is InChI=1S/C16H31NO2/c1-13(16(18)19)7-6-8-14(2)17-12-11-15-9-4-3-5-10-15/h13-15,17H,3-12H2,1-2H3,(H,18,19). The Labute approximate surface area is 118 Å². The highest BCUT2D eigenvalue weighted by Gasteiger charge is 2.14. The minimum absolute atomic E-state index is 0.200. The molecule has 0 aromatic heterocycles. The van der Waals surface area contributed by atoms with Crippen molar-refractivity contribution in [3.63, 3.8) is 0 Å². The first kappa shape index (κ1) is 16.5. The molecule has 112 valence electrons. The molecule has 2 unspecified atom stereocenters. The molecule has 1 aliphatic carbocycles. The van der Waals surface area contributed by atoms with Crippen molar-refractivity contribution in [1.29, 1.82) is 0 Å². The number of carboxylic acid groups (broad SMARTS) is 1. The molecule has 1 fully saturated rings. The molecule has 1 saturated carbocycles. The zero-order valence-corrected chi connectivity index (χ0v) is 12.7. The van der Waals surface area contributed by atoms with Crippen molar-refractivity contribution in [3.8, 4) is 0 Å². The molecule has 0 amide bonds. The van der Waals surface area contributed by atoms with Crippen LogP contribution in [0.2, 0.25) is 0 Å². The maximum absolute atomic E-state index is 10.7. The Balaban J connectivity index is 1.98. The van der Waals surface area contributed by atoms with Gasteiger partial charge in [-0.25, -0.2) is 0 Å². The average molecular weight is 269 g/mol. The summed E-state index contributed by atoms with van der Waals surface area (Å²) < 4.78 is 0. The van der Waals surface area contributed by atoms with Gasteiger partial charge in [-0.2, -0.15) is 0 Å². The Morgan fingerprint density at radius 3 is 2.53 bits per heavy atom. The summed E-state index contributed by atoms with van der Waals surface area (Å²) in [5.41, 5.74) is 0. The predicted octanol–water partition coefficient (Wildman–Crippen LogP) is 3.83. The molecule has 0 heterocycles. The molecule has 1 rings (SSSR count). The zero-order chi connectivity index (χ0) is 14.1. The van der Waals surface area contributed by atoms with Crippen LogP contribution in [0.4, 0.5) is 0 Å². The van der Waals surface area contributed by atoms with Crippen LogP contribution in [0, 0.1) is 11.8 Å². The number of carboxylic acids is 1. The lowest BCUT2D eigenvalue weighted by Gasteiger charge is -2.22. The van der Waals surface area contributed by atoms with E-state index in [9.17, 15) is 4.79 Å². The minimum Gasteiger partial charge on any atom is -0.481 e. The highest BCUT2D eigenvalue weighted by atomic mass is 16.4. The van der Waals surface area contributed by atoms with E-state index in [4.69, 9.17) is 5.11 Å². The third-order valence-corrected chi connectivity index (χ3v) is 4.47. The van der Waals surface area contributed by atoms with Crippen molar-refractivity contribution in [1.82, 2.24) is 5.32 Å². The van der Waals surface area contributed by atoms with Gasteiger partial charge in [0.25, 0.3) is 0 Å². The maximum Gasteiger partial charge on any atom is 0.306 e. The lowest BCUT2D eigenvalue weighted by molar-refractivity contribution is -0.141. The Morgan fingerprint density at radius 1 is 1.21 bits per heavy atom. The highest BCUT2D eigenvalue weighted by molar-refractivity contribution is 5.69. The van der Waals surface area contributed by atoms with Crippen LogP contribution in [0.5, 0.6) is 0 Å². The normalized spacial score (nSPS) is 20.1. The molecular formula is C16H31NO2. The fourth-order valence-electron chi connectivity index (χ4n) is 2.97. The van der Waals surface area contributed by atoms with Crippen LogP contribution in [0.25, 0.3) is 0 Å². The molecule has 2 atom stereocenters. The first-order valence-electron chi connectivity index (χ1n) is 8.05. The van der Waals surface area contributed by atoms with Gasteiger partial charge < -0.3 is 10.4 Å². The van der Waals surface area contributed by atoms with Crippen LogP contribution in [0.3, 0.4) is 0 Å². The molecule has 2 N–H and O–H groups in total. The zero-order valence-electron chi connectivity index (χ0n) is 12.7. The third-order valence-electron chi connectivity index (χ3n) is 4.47. The maximum atomic E-state index is 10.7. The van der Waals surface area contributed by atoms with Gasteiger partial charge in [0.15, 0.2) is 0 Å². The fraction of sp³-hybridized carbons (Fsp3) is 0.938. The van der Waals surface area contributed by atoms with Crippen LogP contribution in [0.15, 0.2) is 0 Å². The van der Waals surface area contributed by atoms with Crippen LogP contribution >= 0.6 is 0 Å². The molecule has 0 aromatic rings. The molecule has 0 saturated heterocycles. The predicted molar refractivity (Wildman–Crippen MR) is 79.3 cm³/mol. The third kappa shape index (κ3) is 7.56. The van der Waals surface area contributed by atoms with Gasteiger partial charge in [0.1, 0.15) is 0 Å². The summed E-state index contributed by atoms with van der Waals surface area (Å²) >= 11 is 0. The van der Waals surface area contributed by atoms with Gasteiger partial charge >= 0.3 is 5.97 Å². The molecule has 0 radical (unpaired) electrons. The van der Waals surface area contributed by atoms with E-state index >= 15 is 0 Å². The van der Waals surface area contributed by atoms with Crippen LogP contribution < -0.4 is 5.32 Å². The van der Waals surface area contributed by atoms with E-state index in [0.717, 1.165) is 31.7 Å². The second-order valence-electron chi connectivity index (χ2n) is 6.32. The summed E-state index contributed by atoms with van der Waals surface area (Å²) in [5, 5.41) is 12.4. The summed E-state index contributed by atoms with van der Waals surface area (Å²) in [6.07, 6.45) is 11.3. The number of aliphatic carboxylic acids is 1. The van der Waals surface area contributed by atoms with E-state index in [0.29, 0.717) is 6.04 Å². The van der Waals surface area contributed by atoms with Gasteiger partial charge in [-0.1, -0.05) is 45.4 Å². The second kappa shape index (κ2) is 9.35. The van der Waals surface area contributed by atoms with Gasteiger partial charge in [0.2, 0.25) is 0 Å². The number of rotatable bonds is 9. The Kier molecular flexibility index (Phi) is 8.11. The van der Waals surface area contributed by atoms with E-state index in [1.165, 1.54) is 38.5 Å². The number of hydrogen-bond donors (Lipinski definition) is 2. The smallest absolute Gasteiger partial charge is 0.306 e. The quantitative estimate of drug-likeness (QED) is 0.669. The summed E-state index contributed by atoms with van der Waals surface area (Å²) in [6, 6.07) is 0.518. The van der Waals surface area contributed by atoms with E-state index in [1.54, 1.807) is 6.92 Å². The molecular weight excluding hydrogens is 238 g/mol. The SMILES string of the molecule is CC(CCCC(C)C(=O)O)NCCC1CCCCC1. The fourth-order valence-corrected chi connectivity index (χ4v) is 2.97. The van der Waals surface area contributed by atoms with Crippen LogP contribution in [0.1, 0.15) is 71.6 Å². The van der Waals surface area contributed by atoms with Crippen molar-refractivity contribution >= 4 is 5.97 Å². The second-order valence-corrected chi connectivity index (χ2v) is 6.32. The number of nitrogens with one attached hydrogen (secondary N) is 1. The summed E-state index contributed by atoms with van der Waals surface area (Å²) in [5.74, 6) is 0.0767. The Morgan fingerprint density at radius 2 is 1.89 bits per heavy atom. The summed E-state index contributed by atoms with van der Waals surface area (Å²) in [7, 11) is 0. The van der Waals surface area contributed by atoms with Gasteiger partial charge in [-0.05, 0) is 38.6 Å².